The number of methoxy groups -OCH3 is 1. The van der Waals surface area contributed by atoms with Gasteiger partial charge in [0.05, 0.1) is 7.11 Å². The number of hydrogen-bond donors (Lipinski definition) is 0. The Morgan fingerprint density at radius 1 is 1.38 bits per heavy atom. The molecule has 0 aromatic heterocycles. The maximum absolute atomic E-state index is 13.2. The Hall–Kier alpha value is -1.40. The highest BCUT2D eigenvalue weighted by atomic mass is 32.2. The van der Waals surface area contributed by atoms with Crippen molar-refractivity contribution in [2.45, 2.75) is 39.7 Å². The Bertz CT molecular complexity index is 705. The molecule has 2 aliphatic carbocycles. The fourth-order valence-corrected chi connectivity index (χ4v) is 4.40. The molecule has 6 heteroatoms. The topological polar surface area (TPSA) is 52.6 Å². The van der Waals surface area contributed by atoms with Gasteiger partial charge in [0.15, 0.2) is 11.5 Å². The zero-order valence-electron chi connectivity index (χ0n) is 16.0. The fraction of sp³-hybridized carbons (Fsp3) is 0.550. The first-order valence-corrected chi connectivity index (χ1v) is 10.3. The van der Waals surface area contributed by atoms with Crippen LogP contribution in [0.1, 0.15) is 33.6 Å². The zero-order valence-corrected chi connectivity index (χ0v) is 17.6. The van der Waals surface area contributed by atoms with E-state index in [4.69, 9.17) is 21.7 Å². The average Bonchev–Trinajstić information content (AvgIpc) is 2.59. The van der Waals surface area contributed by atoms with E-state index in [0.717, 1.165) is 6.42 Å². The molecule has 0 unspecified atom stereocenters. The highest BCUT2D eigenvalue weighted by Crippen LogP contribution is 2.45. The van der Waals surface area contributed by atoms with Crippen molar-refractivity contribution in [3.63, 3.8) is 0 Å². The number of ether oxygens (including phenoxy) is 2. The van der Waals surface area contributed by atoms with Gasteiger partial charge in [-0.25, -0.2) is 0 Å². The summed E-state index contributed by atoms with van der Waals surface area (Å²) in [5, 5.41) is 0. The summed E-state index contributed by atoms with van der Waals surface area (Å²) in [6.07, 6.45) is 4.84. The Morgan fingerprint density at radius 3 is 2.58 bits per heavy atom. The minimum absolute atomic E-state index is 0.0958. The average molecular weight is 395 g/mol. The zero-order chi connectivity index (χ0) is 19.6. The molecule has 4 atom stereocenters. The molecule has 2 rings (SSSR count). The van der Waals surface area contributed by atoms with Crippen LogP contribution < -0.4 is 0 Å². The van der Waals surface area contributed by atoms with Crippen LogP contribution in [0.3, 0.4) is 0 Å². The summed E-state index contributed by atoms with van der Waals surface area (Å²) in [5.41, 5.74) is 1.52. The quantitative estimate of drug-likeness (QED) is 0.395. The number of thioether (sulfide) groups is 1. The summed E-state index contributed by atoms with van der Waals surface area (Å²) in [6, 6.07) is 0. The van der Waals surface area contributed by atoms with E-state index in [-0.39, 0.29) is 41.2 Å². The fourth-order valence-electron chi connectivity index (χ4n) is 4.06. The lowest BCUT2D eigenvalue weighted by atomic mass is 9.65. The van der Waals surface area contributed by atoms with Crippen molar-refractivity contribution < 1.29 is 19.1 Å². The molecule has 4 nitrogen and oxygen atoms in total. The van der Waals surface area contributed by atoms with E-state index >= 15 is 0 Å². The lowest BCUT2D eigenvalue weighted by Crippen LogP contribution is -2.44. The summed E-state index contributed by atoms with van der Waals surface area (Å²) in [6.45, 7) is 9.50. The van der Waals surface area contributed by atoms with Crippen LogP contribution in [0.5, 0.6) is 0 Å². The van der Waals surface area contributed by atoms with Crippen LogP contribution in [0, 0.1) is 17.8 Å². The van der Waals surface area contributed by atoms with Gasteiger partial charge in [0.2, 0.25) is 10.2 Å². The van der Waals surface area contributed by atoms with Crippen molar-refractivity contribution in [1.82, 2.24) is 0 Å². The van der Waals surface area contributed by atoms with E-state index in [9.17, 15) is 9.59 Å². The first-order valence-electron chi connectivity index (χ1n) is 8.72. The molecule has 0 aromatic rings. The van der Waals surface area contributed by atoms with Crippen LogP contribution in [0.2, 0.25) is 0 Å². The van der Waals surface area contributed by atoms with Crippen molar-refractivity contribution in [3.05, 3.63) is 35.1 Å². The summed E-state index contributed by atoms with van der Waals surface area (Å²) in [5.74, 6) is -0.319. The smallest absolute Gasteiger partial charge is 0.224 e. The normalized spacial score (nSPS) is 27.2. The Morgan fingerprint density at radius 2 is 2.04 bits per heavy atom. The second kappa shape index (κ2) is 8.53. The standard InChI is InChI=1S/C20H26O4S2/c1-7-8-10(2)14-13(24-20(25)26-6)9-11(3)15-16(14)17(21)12(4)19(23-5)18(15)22/h7,10-11,13-14H,1,8-9H2,2-6H3/t10-,11-,13-,14-/m0/s1. The first kappa shape index (κ1) is 20.9. The second-order valence-corrected chi connectivity index (χ2v) is 8.33. The van der Waals surface area contributed by atoms with Crippen molar-refractivity contribution in [2.24, 2.45) is 17.8 Å². The van der Waals surface area contributed by atoms with Crippen LogP contribution in [-0.2, 0) is 19.1 Å². The van der Waals surface area contributed by atoms with Gasteiger partial charge in [-0.1, -0.05) is 31.7 Å². The van der Waals surface area contributed by atoms with E-state index < -0.39 is 0 Å². The largest absolute Gasteiger partial charge is 0.492 e. The van der Waals surface area contributed by atoms with E-state index in [0.29, 0.717) is 27.5 Å². The predicted octanol–water partition coefficient (Wildman–Crippen LogP) is 4.26. The Balaban J connectivity index is 2.58. The summed E-state index contributed by atoms with van der Waals surface area (Å²) < 4.78 is 11.7. The van der Waals surface area contributed by atoms with Crippen molar-refractivity contribution in [3.8, 4) is 0 Å². The minimum Gasteiger partial charge on any atom is -0.492 e. The molecular weight excluding hydrogens is 368 g/mol. The van der Waals surface area contributed by atoms with Gasteiger partial charge < -0.3 is 9.47 Å². The van der Waals surface area contributed by atoms with Crippen LogP contribution in [0.4, 0.5) is 0 Å². The molecule has 2 aliphatic rings. The predicted molar refractivity (Wildman–Crippen MR) is 109 cm³/mol. The number of carbonyl (C=O) groups excluding carboxylic acids is 2. The third-order valence-corrected chi connectivity index (χ3v) is 6.28. The number of carbonyl (C=O) groups is 2. The molecule has 0 fully saturated rings. The lowest BCUT2D eigenvalue weighted by Gasteiger charge is -2.41. The Kier molecular flexibility index (Phi) is 6.86. The number of thiocarbonyl (C=S) groups is 1. The molecule has 142 valence electrons. The maximum Gasteiger partial charge on any atom is 0.224 e. The SMILES string of the molecule is C=CC[C@H](C)[C@@H]1C2=C(C(=O)C(OC)=C(C)C2=O)[C@@H](C)C[C@@H]1OC(=S)SC. The van der Waals surface area contributed by atoms with Gasteiger partial charge >= 0.3 is 0 Å². The number of hydrogen-bond acceptors (Lipinski definition) is 6. The molecule has 0 radical (unpaired) electrons. The van der Waals surface area contributed by atoms with Crippen LogP contribution in [-0.4, -0.2) is 35.4 Å². The molecule has 0 bridgehead atoms. The van der Waals surface area contributed by atoms with Gasteiger partial charge in [-0.3, -0.25) is 9.59 Å². The summed E-state index contributed by atoms with van der Waals surface area (Å²) >= 11 is 6.64. The molecule has 0 saturated carbocycles. The molecular formula is C20H26O4S2. The highest BCUT2D eigenvalue weighted by Gasteiger charge is 2.47. The number of rotatable bonds is 5. The van der Waals surface area contributed by atoms with Gasteiger partial charge in [0.1, 0.15) is 6.10 Å². The summed E-state index contributed by atoms with van der Waals surface area (Å²) in [7, 11) is 1.43. The van der Waals surface area contributed by atoms with Gasteiger partial charge in [-0.05, 0) is 50.1 Å². The third-order valence-electron chi connectivity index (χ3n) is 5.25. The van der Waals surface area contributed by atoms with E-state index in [1.165, 1.54) is 18.9 Å². The molecule has 0 amide bonds. The highest BCUT2D eigenvalue weighted by molar-refractivity contribution is 8.22. The molecule has 0 spiro atoms. The number of allylic oxidation sites excluding steroid dienone is 3. The van der Waals surface area contributed by atoms with Gasteiger partial charge in [0, 0.05) is 22.6 Å². The van der Waals surface area contributed by atoms with E-state index in [1.54, 1.807) is 6.92 Å². The van der Waals surface area contributed by atoms with Crippen LogP contribution in [0.25, 0.3) is 0 Å². The molecule has 0 aromatic carbocycles. The molecule has 0 aliphatic heterocycles. The lowest BCUT2D eigenvalue weighted by molar-refractivity contribution is -0.120. The van der Waals surface area contributed by atoms with Gasteiger partial charge in [-0.2, -0.15) is 0 Å². The molecule has 0 heterocycles. The van der Waals surface area contributed by atoms with E-state index in [2.05, 4.69) is 13.5 Å². The third kappa shape index (κ3) is 3.67. The Labute approximate surface area is 165 Å². The summed E-state index contributed by atoms with van der Waals surface area (Å²) in [4.78, 5) is 26.2. The van der Waals surface area contributed by atoms with Crippen molar-refractivity contribution in [2.75, 3.05) is 13.4 Å². The van der Waals surface area contributed by atoms with Gasteiger partial charge in [0.25, 0.3) is 0 Å². The monoisotopic (exact) mass is 394 g/mol. The molecule has 0 saturated heterocycles. The van der Waals surface area contributed by atoms with E-state index in [1.807, 2.05) is 19.3 Å². The molecule has 26 heavy (non-hydrogen) atoms. The van der Waals surface area contributed by atoms with Crippen LogP contribution >= 0.6 is 24.0 Å². The van der Waals surface area contributed by atoms with Crippen molar-refractivity contribution in [1.29, 1.82) is 0 Å². The van der Waals surface area contributed by atoms with Gasteiger partial charge in [-0.15, -0.1) is 6.58 Å². The number of Topliss-reactive ketones (excluding diaryl/α,β-unsaturated/α-hetero) is 2. The first-order chi connectivity index (χ1) is 12.3. The minimum atomic E-state index is -0.229. The van der Waals surface area contributed by atoms with Crippen LogP contribution in [0.15, 0.2) is 35.1 Å². The van der Waals surface area contributed by atoms with Crippen molar-refractivity contribution >= 4 is 39.9 Å². The maximum atomic E-state index is 13.2. The molecule has 0 N–H and O–H groups in total. The number of ketones is 2. The second-order valence-electron chi connectivity index (χ2n) is 6.92.